The molecule has 0 fully saturated rings. The number of benzene rings is 1. The van der Waals surface area contributed by atoms with E-state index in [0.29, 0.717) is 0 Å². The molecule has 0 amide bonds. The molecule has 56 valence electrons. The summed E-state index contributed by atoms with van der Waals surface area (Å²) in [5, 5.41) is 0. The second-order valence-electron chi connectivity index (χ2n) is 1.61. The Hall–Kier alpha value is 0.0134. The van der Waals surface area contributed by atoms with E-state index in [2.05, 4.69) is 6.58 Å². The molecular formula is C8H11PRu. The largest absolute Gasteiger partial charge is 0.153 e. The fourth-order valence-corrected chi connectivity index (χ4v) is 0.589. The summed E-state index contributed by atoms with van der Waals surface area (Å²) in [7, 11) is 0. The third kappa shape index (κ3) is 3.93. The second kappa shape index (κ2) is 7.12. The molecule has 1 atom stereocenters. The third-order valence-corrected chi connectivity index (χ3v) is 1.04. The van der Waals surface area contributed by atoms with E-state index < -0.39 is 0 Å². The van der Waals surface area contributed by atoms with E-state index in [1.54, 1.807) is 0 Å². The van der Waals surface area contributed by atoms with Crippen molar-refractivity contribution in [1.29, 1.82) is 0 Å². The number of hydrogen-bond donors (Lipinski definition) is 0. The normalized spacial score (nSPS) is 6.80. The van der Waals surface area contributed by atoms with Crippen LogP contribution in [0.5, 0.6) is 0 Å². The minimum atomic E-state index is 0. The van der Waals surface area contributed by atoms with E-state index in [9.17, 15) is 0 Å². The summed E-state index contributed by atoms with van der Waals surface area (Å²) >= 11 is 0. The molecule has 0 aromatic heterocycles. The van der Waals surface area contributed by atoms with E-state index in [-0.39, 0.29) is 29.4 Å². The van der Waals surface area contributed by atoms with Gasteiger partial charge < -0.3 is 0 Å². The van der Waals surface area contributed by atoms with E-state index in [1.165, 1.54) is 5.56 Å². The van der Waals surface area contributed by atoms with Crippen molar-refractivity contribution in [3.8, 4) is 0 Å². The fourth-order valence-electron chi connectivity index (χ4n) is 0.589. The molecule has 2 heteroatoms. The van der Waals surface area contributed by atoms with Crippen molar-refractivity contribution in [2.24, 2.45) is 0 Å². The predicted molar refractivity (Wildman–Crippen MR) is 47.6 cm³/mol. The van der Waals surface area contributed by atoms with Crippen LogP contribution in [0.4, 0.5) is 0 Å². The van der Waals surface area contributed by atoms with Crippen molar-refractivity contribution < 1.29 is 19.5 Å². The van der Waals surface area contributed by atoms with Gasteiger partial charge in [0.2, 0.25) is 0 Å². The van der Waals surface area contributed by atoms with Gasteiger partial charge in [-0.15, -0.1) is 0 Å². The molecule has 0 bridgehead atoms. The molecule has 0 heterocycles. The Balaban J connectivity index is 0. The van der Waals surface area contributed by atoms with Crippen LogP contribution in [0.15, 0.2) is 36.9 Å². The maximum atomic E-state index is 3.63. The van der Waals surface area contributed by atoms with Gasteiger partial charge in [0.05, 0.1) is 0 Å². The molecule has 10 heavy (non-hydrogen) atoms. The summed E-state index contributed by atoms with van der Waals surface area (Å²) in [6.07, 6.45) is 1.83. The second-order valence-corrected chi connectivity index (χ2v) is 1.61. The summed E-state index contributed by atoms with van der Waals surface area (Å²) in [4.78, 5) is 0. The van der Waals surface area contributed by atoms with Crippen LogP contribution in [-0.4, -0.2) is 0 Å². The van der Waals surface area contributed by atoms with Crippen LogP contribution >= 0.6 is 9.90 Å². The first-order valence-corrected chi connectivity index (χ1v) is 2.61. The Labute approximate surface area is 78.1 Å². The van der Waals surface area contributed by atoms with Crippen molar-refractivity contribution in [3.05, 3.63) is 42.5 Å². The number of rotatable bonds is 1. The van der Waals surface area contributed by atoms with Crippen LogP contribution in [0, 0.1) is 0 Å². The van der Waals surface area contributed by atoms with Crippen LogP contribution < -0.4 is 0 Å². The summed E-state index contributed by atoms with van der Waals surface area (Å²) < 4.78 is 0. The molecule has 1 aromatic carbocycles. The zero-order chi connectivity index (χ0) is 5.82. The van der Waals surface area contributed by atoms with Gasteiger partial charge in [-0.05, 0) is 5.56 Å². The van der Waals surface area contributed by atoms with Gasteiger partial charge in [-0.3, -0.25) is 0 Å². The molecule has 0 aliphatic heterocycles. The van der Waals surface area contributed by atoms with E-state index in [4.69, 9.17) is 0 Å². The quantitative estimate of drug-likeness (QED) is 0.521. The van der Waals surface area contributed by atoms with Gasteiger partial charge >= 0.3 is 0 Å². The van der Waals surface area contributed by atoms with Gasteiger partial charge in [-0.1, -0.05) is 43.0 Å². The average Bonchev–Trinajstić information content (AvgIpc) is 1.90. The molecule has 0 nitrogen and oxygen atoms in total. The van der Waals surface area contributed by atoms with Crippen LogP contribution in [0.3, 0.4) is 0 Å². The van der Waals surface area contributed by atoms with Gasteiger partial charge in [0, 0.05) is 19.5 Å². The molecule has 1 aromatic rings. The SMILES string of the molecule is C=Cc1ccccc1.P.[Ru]. The molecule has 1 rings (SSSR count). The van der Waals surface area contributed by atoms with Gasteiger partial charge in [0.15, 0.2) is 0 Å². The number of hydrogen-bond acceptors (Lipinski definition) is 0. The first kappa shape index (κ1) is 12.7. The van der Waals surface area contributed by atoms with Gasteiger partial charge in [-0.2, -0.15) is 9.90 Å². The zero-order valence-corrected chi connectivity index (χ0v) is 8.88. The summed E-state index contributed by atoms with van der Waals surface area (Å²) in [6.45, 7) is 3.63. The maximum absolute atomic E-state index is 3.63. The molecule has 0 spiro atoms. The minimum absolute atomic E-state index is 0. The van der Waals surface area contributed by atoms with Crippen molar-refractivity contribution in [2.75, 3.05) is 0 Å². The van der Waals surface area contributed by atoms with Crippen molar-refractivity contribution in [3.63, 3.8) is 0 Å². The molecule has 0 radical (unpaired) electrons. The predicted octanol–water partition coefficient (Wildman–Crippen LogP) is 2.39. The van der Waals surface area contributed by atoms with E-state index in [0.717, 1.165) is 0 Å². The van der Waals surface area contributed by atoms with E-state index in [1.807, 2.05) is 36.4 Å². The standard InChI is InChI=1S/C8H8.H3P.Ru/c1-2-8-6-4-3-5-7-8;;/h2-7H,1H2;1H3;. The van der Waals surface area contributed by atoms with Crippen LogP contribution in [-0.2, 0) is 19.5 Å². The molecule has 1 unspecified atom stereocenters. The van der Waals surface area contributed by atoms with Gasteiger partial charge in [-0.25, -0.2) is 0 Å². The summed E-state index contributed by atoms with van der Waals surface area (Å²) in [5.74, 6) is 0. The molecule has 0 aliphatic rings. The molecule has 0 saturated heterocycles. The Bertz CT molecular complexity index is 172. The Morgan fingerprint density at radius 3 is 1.90 bits per heavy atom. The Kier molecular flexibility index (Phi) is 9.03. The average molecular weight is 239 g/mol. The minimum Gasteiger partial charge on any atom is -0.153 e. The van der Waals surface area contributed by atoms with Crippen LogP contribution in [0.2, 0.25) is 0 Å². The molecule has 0 N–H and O–H groups in total. The zero-order valence-electron chi connectivity index (χ0n) is 5.73. The Morgan fingerprint density at radius 2 is 1.60 bits per heavy atom. The van der Waals surface area contributed by atoms with E-state index >= 15 is 0 Å². The third-order valence-electron chi connectivity index (χ3n) is 1.04. The fraction of sp³-hybridized carbons (Fsp3) is 0. The maximum Gasteiger partial charge on any atom is 0 e. The Morgan fingerprint density at radius 1 is 1.10 bits per heavy atom. The van der Waals surface area contributed by atoms with Crippen molar-refractivity contribution in [1.82, 2.24) is 0 Å². The molecule has 0 saturated carbocycles. The first-order valence-electron chi connectivity index (χ1n) is 2.61. The van der Waals surface area contributed by atoms with Crippen LogP contribution in [0.1, 0.15) is 5.56 Å². The first-order chi connectivity index (χ1) is 3.93. The summed E-state index contributed by atoms with van der Waals surface area (Å²) in [5.41, 5.74) is 1.17. The topological polar surface area (TPSA) is 0 Å². The monoisotopic (exact) mass is 240 g/mol. The van der Waals surface area contributed by atoms with Crippen molar-refractivity contribution in [2.45, 2.75) is 0 Å². The smallest absolute Gasteiger partial charge is 0 e. The van der Waals surface area contributed by atoms with Gasteiger partial charge in [0.1, 0.15) is 0 Å². The van der Waals surface area contributed by atoms with Crippen LogP contribution in [0.25, 0.3) is 6.08 Å². The van der Waals surface area contributed by atoms with Gasteiger partial charge in [0.25, 0.3) is 0 Å². The summed E-state index contributed by atoms with van der Waals surface area (Å²) in [6, 6.07) is 10.0. The van der Waals surface area contributed by atoms with Crippen molar-refractivity contribution >= 4 is 16.0 Å². The molecule has 0 aliphatic carbocycles. The molecular weight excluding hydrogens is 228 g/mol.